The van der Waals surface area contributed by atoms with Gasteiger partial charge in [-0.15, -0.1) is 11.8 Å². The summed E-state index contributed by atoms with van der Waals surface area (Å²) in [6, 6.07) is 19.2. The van der Waals surface area contributed by atoms with E-state index in [0.717, 1.165) is 18.6 Å². The highest BCUT2D eigenvalue weighted by Crippen LogP contribution is 2.50. The fourth-order valence-electron chi connectivity index (χ4n) is 3.96. The molecular formula is C22H28OS. The van der Waals surface area contributed by atoms with Gasteiger partial charge in [-0.1, -0.05) is 75.2 Å². The number of rotatable bonds is 5. The lowest BCUT2D eigenvalue weighted by Crippen LogP contribution is -2.40. The Morgan fingerprint density at radius 1 is 1.04 bits per heavy atom. The fourth-order valence-corrected chi connectivity index (χ4v) is 5.46. The maximum atomic E-state index is 11.6. The minimum absolute atomic E-state index is 0.0137. The normalized spacial score (nSPS) is 26.6. The van der Waals surface area contributed by atoms with Gasteiger partial charge in [-0.05, 0) is 30.0 Å². The van der Waals surface area contributed by atoms with E-state index in [2.05, 4.69) is 68.4 Å². The molecule has 24 heavy (non-hydrogen) atoms. The lowest BCUT2D eigenvalue weighted by atomic mass is 9.69. The van der Waals surface area contributed by atoms with E-state index in [1.165, 1.54) is 28.9 Å². The highest BCUT2D eigenvalue weighted by Gasteiger charge is 2.44. The zero-order chi connectivity index (χ0) is 17.0. The maximum Gasteiger partial charge on any atom is 0.0713 e. The number of aliphatic hydroxyl groups excluding tert-OH is 1. The third-order valence-electron chi connectivity index (χ3n) is 5.60. The first-order chi connectivity index (χ1) is 11.7. The van der Waals surface area contributed by atoms with Crippen LogP contribution in [-0.4, -0.2) is 17.0 Å². The van der Waals surface area contributed by atoms with Crippen LogP contribution >= 0.6 is 11.8 Å². The smallest absolute Gasteiger partial charge is 0.0713 e. The van der Waals surface area contributed by atoms with Crippen molar-refractivity contribution in [3.63, 3.8) is 0 Å². The number of hydrogen-bond acceptors (Lipinski definition) is 2. The Bertz CT molecular complexity index is 654. The van der Waals surface area contributed by atoms with Crippen LogP contribution in [0, 0.1) is 5.41 Å². The van der Waals surface area contributed by atoms with Crippen molar-refractivity contribution in [2.24, 2.45) is 5.41 Å². The Kier molecular flexibility index (Phi) is 5.68. The van der Waals surface area contributed by atoms with Crippen molar-refractivity contribution in [2.75, 3.05) is 5.75 Å². The van der Waals surface area contributed by atoms with Crippen LogP contribution in [0.1, 0.15) is 56.6 Å². The Labute approximate surface area is 150 Å². The van der Waals surface area contributed by atoms with Gasteiger partial charge in [-0.25, -0.2) is 0 Å². The topological polar surface area (TPSA) is 20.2 Å². The number of hydrogen-bond donors (Lipinski definition) is 1. The van der Waals surface area contributed by atoms with Crippen LogP contribution in [0.4, 0.5) is 0 Å². The van der Waals surface area contributed by atoms with Crippen molar-refractivity contribution in [3.8, 4) is 0 Å². The lowest BCUT2D eigenvalue weighted by Gasteiger charge is -2.39. The standard InChI is InChI=1S/C22H28OS/c1-3-5-15-22(4-2)16-24-19-14-10-9-13-18(19)20(21(22)23)17-11-7-6-8-12-17/h6-14,20-21,23H,3-5,15-16H2,1-2H3/t20-,21+,22-/m1/s1. The Balaban J connectivity index is 2.09. The Morgan fingerprint density at radius 3 is 2.46 bits per heavy atom. The maximum absolute atomic E-state index is 11.6. The summed E-state index contributed by atoms with van der Waals surface area (Å²) in [5, 5.41) is 11.6. The van der Waals surface area contributed by atoms with Crippen molar-refractivity contribution in [2.45, 2.75) is 56.4 Å². The van der Waals surface area contributed by atoms with E-state index in [0.29, 0.717) is 0 Å². The first-order valence-electron chi connectivity index (χ1n) is 9.16. The molecule has 1 aliphatic heterocycles. The third kappa shape index (κ3) is 3.27. The molecule has 0 saturated heterocycles. The zero-order valence-electron chi connectivity index (χ0n) is 14.7. The highest BCUT2D eigenvalue weighted by atomic mass is 32.2. The molecule has 3 atom stereocenters. The van der Waals surface area contributed by atoms with Crippen molar-refractivity contribution < 1.29 is 5.11 Å². The zero-order valence-corrected chi connectivity index (χ0v) is 15.6. The Hall–Kier alpha value is -1.25. The molecule has 0 saturated carbocycles. The summed E-state index contributed by atoms with van der Waals surface area (Å²) in [5.74, 6) is 1.07. The third-order valence-corrected chi connectivity index (χ3v) is 7.01. The minimum Gasteiger partial charge on any atom is -0.392 e. The van der Waals surface area contributed by atoms with Crippen LogP contribution in [0.5, 0.6) is 0 Å². The summed E-state index contributed by atoms with van der Waals surface area (Å²) in [4.78, 5) is 1.33. The van der Waals surface area contributed by atoms with Crippen molar-refractivity contribution in [3.05, 3.63) is 65.7 Å². The molecule has 1 nitrogen and oxygen atoms in total. The predicted molar refractivity (Wildman–Crippen MR) is 104 cm³/mol. The molecule has 1 aliphatic rings. The van der Waals surface area contributed by atoms with Gasteiger partial charge in [-0.3, -0.25) is 0 Å². The van der Waals surface area contributed by atoms with Crippen LogP contribution in [0.3, 0.4) is 0 Å². The van der Waals surface area contributed by atoms with Crippen LogP contribution in [0.25, 0.3) is 0 Å². The lowest BCUT2D eigenvalue weighted by molar-refractivity contribution is 0.0182. The van der Waals surface area contributed by atoms with Crippen LogP contribution < -0.4 is 0 Å². The van der Waals surface area contributed by atoms with Gasteiger partial charge in [-0.2, -0.15) is 0 Å². The summed E-state index contributed by atoms with van der Waals surface area (Å²) < 4.78 is 0. The molecule has 0 amide bonds. The summed E-state index contributed by atoms with van der Waals surface area (Å²) in [7, 11) is 0. The van der Waals surface area contributed by atoms with Crippen molar-refractivity contribution in [1.29, 1.82) is 0 Å². The van der Waals surface area contributed by atoms with E-state index < -0.39 is 0 Å². The quantitative estimate of drug-likeness (QED) is 0.734. The summed E-state index contributed by atoms with van der Waals surface area (Å²) in [6.07, 6.45) is 4.16. The largest absolute Gasteiger partial charge is 0.392 e. The molecule has 2 aromatic rings. The molecule has 0 unspecified atom stereocenters. The molecule has 2 heteroatoms. The number of unbranched alkanes of at least 4 members (excludes halogenated alkanes) is 1. The van der Waals surface area contributed by atoms with E-state index in [-0.39, 0.29) is 17.4 Å². The number of benzene rings is 2. The number of fused-ring (bicyclic) bond motifs is 1. The SMILES string of the molecule is CCCC[C@]1(CC)CSc2ccccc2[C@@H](c2ccccc2)[C@@H]1O. The molecule has 128 valence electrons. The summed E-state index contributed by atoms with van der Waals surface area (Å²) >= 11 is 1.93. The molecule has 0 radical (unpaired) electrons. The molecule has 0 bridgehead atoms. The van der Waals surface area contributed by atoms with Gasteiger partial charge in [0.25, 0.3) is 0 Å². The van der Waals surface area contributed by atoms with Gasteiger partial charge in [0, 0.05) is 22.0 Å². The second kappa shape index (κ2) is 7.76. The van der Waals surface area contributed by atoms with E-state index in [9.17, 15) is 5.11 Å². The molecule has 0 aromatic heterocycles. The minimum atomic E-state index is -0.340. The molecule has 1 N–H and O–H groups in total. The Morgan fingerprint density at radius 2 is 1.75 bits per heavy atom. The van der Waals surface area contributed by atoms with Crippen LogP contribution in [-0.2, 0) is 0 Å². The van der Waals surface area contributed by atoms with Crippen LogP contribution in [0.15, 0.2) is 59.5 Å². The molecular weight excluding hydrogens is 312 g/mol. The van der Waals surface area contributed by atoms with Gasteiger partial charge in [0.05, 0.1) is 6.10 Å². The highest BCUT2D eigenvalue weighted by molar-refractivity contribution is 7.99. The van der Waals surface area contributed by atoms with Gasteiger partial charge in [0.1, 0.15) is 0 Å². The van der Waals surface area contributed by atoms with E-state index in [1.807, 2.05) is 11.8 Å². The fraction of sp³-hybridized carbons (Fsp3) is 0.455. The average molecular weight is 341 g/mol. The predicted octanol–water partition coefficient (Wildman–Crippen LogP) is 5.87. The van der Waals surface area contributed by atoms with Gasteiger partial charge in [0.2, 0.25) is 0 Å². The number of aliphatic hydroxyl groups is 1. The van der Waals surface area contributed by atoms with Gasteiger partial charge < -0.3 is 5.11 Å². The number of thioether (sulfide) groups is 1. The second-order valence-corrected chi connectivity index (χ2v) is 8.00. The monoisotopic (exact) mass is 340 g/mol. The molecule has 0 fully saturated rings. The van der Waals surface area contributed by atoms with Gasteiger partial charge in [0.15, 0.2) is 0 Å². The summed E-state index contributed by atoms with van der Waals surface area (Å²) in [6.45, 7) is 4.49. The van der Waals surface area contributed by atoms with Crippen molar-refractivity contribution in [1.82, 2.24) is 0 Å². The average Bonchev–Trinajstić information content (AvgIpc) is 2.76. The first kappa shape index (κ1) is 17.6. The molecule has 0 spiro atoms. The molecule has 1 heterocycles. The van der Waals surface area contributed by atoms with Gasteiger partial charge >= 0.3 is 0 Å². The summed E-state index contributed by atoms with van der Waals surface area (Å²) in [5.41, 5.74) is 2.50. The molecule has 3 rings (SSSR count). The van der Waals surface area contributed by atoms with E-state index >= 15 is 0 Å². The van der Waals surface area contributed by atoms with Crippen LogP contribution in [0.2, 0.25) is 0 Å². The molecule has 2 aromatic carbocycles. The molecule has 0 aliphatic carbocycles. The van der Waals surface area contributed by atoms with E-state index in [4.69, 9.17) is 0 Å². The first-order valence-corrected chi connectivity index (χ1v) is 10.1. The van der Waals surface area contributed by atoms with E-state index in [1.54, 1.807) is 0 Å². The van der Waals surface area contributed by atoms with Crippen molar-refractivity contribution >= 4 is 11.8 Å². The second-order valence-electron chi connectivity index (χ2n) is 6.98.